The molecule has 0 atom stereocenters. The average molecular weight is 289 g/mol. The minimum atomic E-state index is -0.592. The van der Waals surface area contributed by atoms with E-state index in [9.17, 15) is 9.50 Å². The predicted molar refractivity (Wildman–Crippen MR) is 80.4 cm³/mol. The summed E-state index contributed by atoms with van der Waals surface area (Å²) in [7, 11) is 0. The lowest BCUT2D eigenvalue weighted by Gasteiger charge is -2.11. The second-order valence-electron chi connectivity index (χ2n) is 4.76. The quantitative estimate of drug-likeness (QED) is 0.821. The number of para-hydroxylation sites is 1. The first-order chi connectivity index (χ1) is 10.2. The number of rotatable bonds is 7. The second kappa shape index (κ2) is 7.76. The lowest BCUT2D eigenvalue weighted by molar-refractivity contribution is 0.133. The molecule has 2 aromatic rings. The third-order valence-corrected chi connectivity index (χ3v) is 3.28. The largest absolute Gasteiger partial charge is 0.505 e. The summed E-state index contributed by atoms with van der Waals surface area (Å²) in [4.78, 5) is 0. The Morgan fingerprint density at radius 1 is 1.00 bits per heavy atom. The molecule has 0 heterocycles. The van der Waals surface area contributed by atoms with Crippen molar-refractivity contribution < 1.29 is 14.2 Å². The smallest absolute Gasteiger partial charge is 0.165 e. The Morgan fingerprint density at radius 2 is 1.67 bits per heavy atom. The summed E-state index contributed by atoms with van der Waals surface area (Å²) in [6, 6.07) is 12.6. The van der Waals surface area contributed by atoms with Gasteiger partial charge in [-0.15, -0.1) is 0 Å². The van der Waals surface area contributed by atoms with Crippen LogP contribution in [0.5, 0.6) is 5.75 Å². The van der Waals surface area contributed by atoms with Gasteiger partial charge in [-0.25, -0.2) is 4.39 Å². The highest BCUT2D eigenvalue weighted by molar-refractivity contribution is 5.33. The maximum atomic E-state index is 13.2. The van der Waals surface area contributed by atoms with Gasteiger partial charge in [0.15, 0.2) is 11.6 Å². The van der Waals surface area contributed by atoms with Crippen LogP contribution in [0, 0.1) is 5.82 Å². The monoisotopic (exact) mass is 289 g/mol. The Morgan fingerprint density at radius 3 is 2.43 bits per heavy atom. The zero-order valence-electron chi connectivity index (χ0n) is 12.1. The number of nitrogens with one attached hydrogen (secondary N) is 1. The molecule has 0 saturated heterocycles. The third kappa shape index (κ3) is 4.28. The summed E-state index contributed by atoms with van der Waals surface area (Å²) in [6.07, 6.45) is 0. The van der Waals surface area contributed by atoms with E-state index in [1.165, 1.54) is 6.07 Å². The molecule has 0 aromatic heterocycles. The number of phenolic OH excluding ortho intramolecular Hbond substituents is 1. The third-order valence-electron chi connectivity index (χ3n) is 3.28. The first-order valence-electron chi connectivity index (χ1n) is 7.04. The van der Waals surface area contributed by atoms with Crippen LogP contribution in [-0.4, -0.2) is 11.7 Å². The fourth-order valence-corrected chi connectivity index (χ4v) is 2.12. The van der Waals surface area contributed by atoms with Gasteiger partial charge in [-0.05, 0) is 24.1 Å². The van der Waals surface area contributed by atoms with Gasteiger partial charge in [-0.1, -0.05) is 36.4 Å². The normalized spacial score (nSPS) is 10.8. The van der Waals surface area contributed by atoms with E-state index < -0.39 is 5.82 Å². The fraction of sp³-hybridized carbons (Fsp3) is 0.294. The average Bonchev–Trinajstić information content (AvgIpc) is 2.50. The molecule has 0 bridgehead atoms. The lowest BCUT2D eigenvalue weighted by Crippen LogP contribution is -2.14. The first-order valence-corrected chi connectivity index (χ1v) is 7.04. The number of hydrogen-bond donors (Lipinski definition) is 2. The van der Waals surface area contributed by atoms with E-state index >= 15 is 0 Å². The number of halogens is 1. The molecular formula is C17H20FNO2. The fourth-order valence-electron chi connectivity index (χ4n) is 2.12. The van der Waals surface area contributed by atoms with Crippen molar-refractivity contribution in [1.29, 1.82) is 0 Å². The van der Waals surface area contributed by atoms with Crippen LogP contribution >= 0.6 is 0 Å². The Hall–Kier alpha value is -1.91. The van der Waals surface area contributed by atoms with Crippen LogP contribution in [0.15, 0.2) is 42.5 Å². The van der Waals surface area contributed by atoms with Gasteiger partial charge in [-0.3, -0.25) is 0 Å². The summed E-state index contributed by atoms with van der Waals surface area (Å²) >= 11 is 0. The first kappa shape index (κ1) is 15.5. The van der Waals surface area contributed by atoms with Gasteiger partial charge in [0.2, 0.25) is 0 Å². The summed E-state index contributed by atoms with van der Waals surface area (Å²) in [5, 5.41) is 12.9. The van der Waals surface area contributed by atoms with Crippen molar-refractivity contribution in [3.63, 3.8) is 0 Å². The molecule has 0 unspecified atom stereocenters. The molecule has 112 valence electrons. The molecule has 0 fully saturated rings. The topological polar surface area (TPSA) is 41.5 Å². The molecule has 21 heavy (non-hydrogen) atoms. The Kier molecular flexibility index (Phi) is 5.72. The summed E-state index contributed by atoms with van der Waals surface area (Å²) < 4.78 is 18.7. The Bertz CT molecular complexity index is 587. The van der Waals surface area contributed by atoms with Crippen LogP contribution in [-0.2, 0) is 24.4 Å². The number of aromatic hydroxyl groups is 1. The van der Waals surface area contributed by atoms with Gasteiger partial charge in [0.05, 0.1) is 6.61 Å². The Labute approximate surface area is 124 Å². The van der Waals surface area contributed by atoms with E-state index in [4.69, 9.17) is 4.74 Å². The number of hydrogen-bond acceptors (Lipinski definition) is 3. The van der Waals surface area contributed by atoms with E-state index in [0.29, 0.717) is 31.9 Å². The Balaban J connectivity index is 1.95. The molecule has 0 aliphatic carbocycles. The molecule has 0 aliphatic heterocycles. The van der Waals surface area contributed by atoms with Crippen molar-refractivity contribution in [2.24, 2.45) is 0 Å². The standard InChI is InChI=1S/C17H20FNO2/c1-2-21-12-15-7-4-3-6-13(15)10-19-11-14-8-5-9-16(18)17(14)20/h3-9,19-20H,2,10-12H2,1H3. The highest BCUT2D eigenvalue weighted by Crippen LogP contribution is 2.20. The molecule has 2 aromatic carbocycles. The van der Waals surface area contributed by atoms with Crippen LogP contribution in [0.2, 0.25) is 0 Å². The maximum absolute atomic E-state index is 13.2. The number of benzene rings is 2. The van der Waals surface area contributed by atoms with Crippen molar-refractivity contribution in [3.8, 4) is 5.75 Å². The molecule has 4 heteroatoms. The highest BCUT2D eigenvalue weighted by atomic mass is 19.1. The molecule has 0 aliphatic rings. The van der Waals surface area contributed by atoms with E-state index in [-0.39, 0.29) is 5.75 Å². The number of phenols is 1. The molecule has 3 nitrogen and oxygen atoms in total. The minimum absolute atomic E-state index is 0.285. The SMILES string of the molecule is CCOCc1ccccc1CNCc1cccc(F)c1O. The van der Waals surface area contributed by atoms with Crippen LogP contribution in [0.1, 0.15) is 23.6 Å². The van der Waals surface area contributed by atoms with Crippen LogP contribution in [0.3, 0.4) is 0 Å². The molecule has 2 N–H and O–H groups in total. The summed E-state index contributed by atoms with van der Waals surface area (Å²) in [5.74, 6) is -0.876. The van der Waals surface area contributed by atoms with E-state index in [1.54, 1.807) is 12.1 Å². The van der Waals surface area contributed by atoms with Crippen molar-refractivity contribution in [3.05, 3.63) is 65.0 Å². The molecule has 2 rings (SSSR count). The lowest BCUT2D eigenvalue weighted by atomic mass is 10.1. The van der Waals surface area contributed by atoms with Crippen LogP contribution in [0.4, 0.5) is 4.39 Å². The molecule has 0 saturated carbocycles. The molecule has 0 spiro atoms. The minimum Gasteiger partial charge on any atom is -0.505 e. The molecular weight excluding hydrogens is 269 g/mol. The number of ether oxygens (including phenoxy) is 1. The van der Waals surface area contributed by atoms with E-state index in [2.05, 4.69) is 5.32 Å². The van der Waals surface area contributed by atoms with Gasteiger partial charge in [-0.2, -0.15) is 0 Å². The van der Waals surface area contributed by atoms with Crippen LogP contribution < -0.4 is 5.32 Å². The zero-order valence-corrected chi connectivity index (χ0v) is 12.1. The van der Waals surface area contributed by atoms with Crippen molar-refractivity contribution in [2.75, 3.05) is 6.61 Å². The summed E-state index contributed by atoms with van der Waals surface area (Å²) in [6.45, 7) is 4.28. The van der Waals surface area contributed by atoms with Gasteiger partial charge in [0.25, 0.3) is 0 Å². The van der Waals surface area contributed by atoms with Gasteiger partial charge < -0.3 is 15.2 Å². The van der Waals surface area contributed by atoms with Gasteiger partial charge in [0.1, 0.15) is 0 Å². The predicted octanol–water partition coefficient (Wildman–Crippen LogP) is 3.36. The van der Waals surface area contributed by atoms with Gasteiger partial charge >= 0.3 is 0 Å². The zero-order chi connectivity index (χ0) is 15.1. The second-order valence-corrected chi connectivity index (χ2v) is 4.76. The van der Waals surface area contributed by atoms with E-state index in [1.807, 2.05) is 31.2 Å². The van der Waals surface area contributed by atoms with Gasteiger partial charge in [0, 0.05) is 25.3 Å². The van der Waals surface area contributed by atoms with E-state index in [0.717, 1.165) is 11.1 Å². The van der Waals surface area contributed by atoms with Crippen molar-refractivity contribution >= 4 is 0 Å². The highest BCUT2D eigenvalue weighted by Gasteiger charge is 2.06. The molecule has 0 radical (unpaired) electrons. The van der Waals surface area contributed by atoms with Crippen LogP contribution in [0.25, 0.3) is 0 Å². The summed E-state index contributed by atoms with van der Waals surface area (Å²) in [5.41, 5.74) is 2.83. The molecule has 0 amide bonds. The maximum Gasteiger partial charge on any atom is 0.165 e. The van der Waals surface area contributed by atoms with Crippen molar-refractivity contribution in [1.82, 2.24) is 5.32 Å². The van der Waals surface area contributed by atoms with Crippen molar-refractivity contribution in [2.45, 2.75) is 26.6 Å².